The Morgan fingerprint density at radius 3 is 2.64 bits per heavy atom. The van der Waals surface area contributed by atoms with Gasteiger partial charge in [0.15, 0.2) is 11.5 Å². The number of hydrogen-bond donors (Lipinski definition) is 1. The highest BCUT2D eigenvalue weighted by Crippen LogP contribution is 2.65. The normalized spacial score (nSPS) is 27.7. The zero-order chi connectivity index (χ0) is 20.2. The first kappa shape index (κ1) is 21.2. The molecule has 3 rings (SSSR count). The van der Waals surface area contributed by atoms with Crippen molar-refractivity contribution >= 4 is 0 Å². The van der Waals surface area contributed by atoms with Crippen LogP contribution in [0.2, 0.25) is 0 Å². The Bertz CT molecular complexity index is 672. The number of benzene rings is 1. The van der Waals surface area contributed by atoms with E-state index in [0.29, 0.717) is 30.1 Å². The van der Waals surface area contributed by atoms with Crippen molar-refractivity contribution < 1.29 is 14.2 Å². The van der Waals surface area contributed by atoms with E-state index in [1.165, 1.54) is 24.8 Å². The van der Waals surface area contributed by atoms with Crippen LogP contribution in [0.1, 0.15) is 45.6 Å². The van der Waals surface area contributed by atoms with Crippen molar-refractivity contribution in [2.45, 2.75) is 52.5 Å². The molecule has 2 aliphatic rings. The van der Waals surface area contributed by atoms with E-state index in [9.17, 15) is 0 Å². The van der Waals surface area contributed by atoms with Gasteiger partial charge in [0.1, 0.15) is 6.61 Å². The minimum atomic E-state index is 0.426. The average Bonchev–Trinajstić information content (AvgIpc) is 3.01. The molecule has 4 heteroatoms. The standard InChI is InChI=1S/C24H37NO3/c1-6-7-18-8-9-20(21(16-18)26-5)28-15-14-27-13-12-25-22-17-19-10-11-24(22,4)23(19,2)3/h6,8-9,16,19,22,25H,1,7,10-15,17H2,2-5H3. The van der Waals surface area contributed by atoms with Gasteiger partial charge in [-0.05, 0) is 60.1 Å². The maximum atomic E-state index is 5.83. The molecule has 0 aliphatic heterocycles. The largest absolute Gasteiger partial charge is 0.493 e. The molecule has 2 aliphatic carbocycles. The van der Waals surface area contributed by atoms with Gasteiger partial charge in [-0.25, -0.2) is 0 Å². The van der Waals surface area contributed by atoms with E-state index in [-0.39, 0.29) is 0 Å². The summed E-state index contributed by atoms with van der Waals surface area (Å²) in [5, 5.41) is 3.76. The number of ether oxygens (including phenoxy) is 3. The summed E-state index contributed by atoms with van der Waals surface area (Å²) < 4.78 is 17.0. The Morgan fingerprint density at radius 1 is 1.18 bits per heavy atom. The Hall–Kier alpha value is -1.52. The lowest BCUT2D eigenvalue weighted by molar-refractivity contribution is 0.0865. The maximum absolute atomic E-state index is 5.83. The van der Waals surface area contributed by atoms with Crippen LogP contribution in [-0.4, -0.2) is 39.5 Å². The minimum Gasteiger partial charge on any atom is -0.493 e. The number of fused-ring (bicyclic) bond motifs is 2. The van der Waals surface area contributed by atoms with Gasteiger partial charge in [0.2, 0.25) is 0 Å². The van der Waals surface area contributed by atoms with Crippen LogP contribution in [0.25, 0.3) is 0 Å². The first-order chi connectivity index (χ1) is 13.4. The van der Waals surface area contributed by atoms with Crippen LogP contribution in [0.3, 0.4) is 0 Å². The Kier molecular flexibility index (Phi) is 6.72. The van der Waals surface area contributed by atoms with Crippen molar-refractivity contribution in [3.8, 4) is 11.5 Å². The maximum Gasteiger partial charge on any atom is 0.161 e. The summed E-state index contributed by atoms with van der Waals surface area (Å²) in [5.41, 5.74) is 2.05. The third kappa shape index (κ3) is 4.08. The highest BCUT2D eigenvalue weighted by atomic mass is 16.5. The van der Waals surface area contributed by atoms with Crippen LogP contribution in [0, 0.1) is 16.7 Å². The van der Waals surface area contributed by atoms with Gasteiger partial charge in [-0.3, -0.25) is 0 Å². The molecular weight excluding hydrogens is 350 g/mol. The lowest BCUT2D eigenvalue weighted by Gasteiger charge is -2.39. The van der Waals surface area contributed by atoms with Gasteiger partial charge in [-0.1, -0.05) is 32.9 Å². The van der Waals surface area contributed by atoms with Crippen LogP contribution in [0.15, 0.2) is 30.9 Å². The molecule has 28 heavy (non-hydrogen) atoms. The molecule has 2 bridgehead atoms. The predicted molar refractivity (Wildman–Crippen MR) is 114 cm³/mol. The molecule has 3 unspecified atom stereocenters. The van der Waals surface area contributed by atoms with Crippen molar-refractivity contribution in [3.63, 3.8) is 0 Å². The molecule has 3 atom stereocenters. The highest BCUT2D eigenvalue weighted by molar-refractivity contribution is 5.43. The molecular formula is C24H37NO3. The zero-order valence-electron chi connectivity index (χ0n) is 18.1. The second-order valence-electron chi connectivity index (χ2n) is 9.06. The van der Waals surface area contributed by atoms with E-state index >= 15 is 0 Å². The third-order valence-corrected chi connectivity index (χ3v) is 7.52. The van der Waals surface area contributed by atoms with E-state index in [1.807, 2.05) is 24.3 Å². The monoisotopic (exact) mass is 387 g/mol. The lowest BCUT2D eigenvalue weighted by atomic mass is 9.69. The molecule has 0 aromatic heterocycles. The van der Waals surface area contributed by atoms with Crippen molar-refractivity contribution in [1.29, 1.82) is 0 Å². The molecule has 0 radical (unpaired) electrons. The van der Waals surface area contributed by atoms with E-state index in [0.717, 1.165) is 37.0 Å². The number of rotatable bonds is 11. The summed E-state index contributed by atoms with van der Waals surface area (Å²) in [6.45, 7) is 13.9. The van der Waals surface area contributed by atoms with Crippen LogP contribution in [-0.2, 0) is 11.2 Å². The molecule has 1 N–H and O–H groups in total. The van der Waals surface area contributed by atoms with Crippen molar-refractivity contribution in [2.75, 3.05) is 33.5 Å². The summed E-state index contributed by atoms with van der Waals surface area (Å²) in [5.74, 6) is 2.39. The second-order valence-corrected chi connectivity index (χ2v) is 9.06. The summed E-state index contributed by atoms with van der Waals surface area (Å²) >= 11 is 0. The van der Waals surface area contributed by atoms with Crippen LogP contribution in [0.4, 0.5) is 0 Å². The molecule has 2 fully saturated rings. The first-order valence-corrected chi connectivity index (χ1v) is 10.6. The Morgan fingerprint density at radius 2 is 2.00 bits per heavy atom. The first-order valence-electron chi connectivity index (χ1n) is 10.6. The summed E-state index contributed by atoms with van der Waals surface area (Å²) in [6, 6.07) is 6.62. The van der Waals surface area contributed by atoms with E-state index < -0.39 is 0 Å². The summed E-state index contributed by atoms with van der Waals surface area (Å²) in [6.07, 6.45) is 6.77. The van der Waals surface area contributed by atoms with Crippen LogP contribution in [0.5, 0.6) is 11.5 Å². The van der Waals surface area contributed by atoms with Crippen molar-refractivity contribution in [2.24, 2.45) is 16.7 Å². The number of hydrogen-bond acceptors (Lipinski definition) is 4. The van der Waals surface area contributed by atoms with Gasteiger partial charge in [0.25, 0.3) is 0 Å². The Labute approximate surface area is 170 Å². The average molecular weight is 388 g/mol. The molecule has 0 saturated heterocycles. The molecule has 4 nitrogen and oxygen atoms in total. The fraction of sp³-hybridized carbons (Fsp3) is 0.667. The quantitative estimate of drug-likeness (QED) is 0.444. The van der Waals surface area contributed by atoms with Crippen molar-refractivity contribution in [1.82, 2.24) is 5.32 Å². The predicted octanol–water partition coefficient (Wildman–Crippen LogP) is 4.62. The van der Waals surface area contributed by atoms with Gasteiger partial charge in [-0.15, -0.1) is 6.58 Å². The van der Waals surface area contributed by atoms with E-state index in [1.54, 1.807) is 7.11 Å². The summed E-state index contributed by atoms with van der Waals surface area (Å²) in [4.78, 5) is 0. The highest BCUT2D eigenvalue weighted by Gasteiger charge is 2.60. The van der Waals surface area contributed by atoms with Crippen LogP contribution < -0.4 is 14.8 Å². The number of methoxy groups -OCH3 is 1. The fourth-order valence-electron chi connectivity index (χ4n) is 5.26. The van der Waals surface area contributed by atoms with Gasteiger partial charge in [0.05, 0.1) is 20.3 Å². The number of allylic oxidation sites excluding steroid dienone is 1. The van der Waals surface area contributed by atoms with Gasteiger partial charge in [-0.2, -0.15) is 0 Å². The molecule has 0 spiro atoms. The zero-order valence-corrected chi connectivity index (χ0v) is 18.1. The summed E-state index contributed by atoms with van der Waals surface area (Å²) in [7, 11) is 1.67. The van der Waals surface area contributed by atoms with Gasteiger partial charge < -0.3 is 19.5 Å². The SMILES string of the molecule is C=CCc1ccc(OCCOCCNC2CC3CCC2(C)C3(C)C)c(OC)c1. The second kappa shape index (κ2) is 8.87. The molecule has 0 heterocycles. The van der Waals surface area contributed by atoms with Crippen LogP contribution >= 0.6 is 0 Å². The smallest absolute Gasteiger partial charge is 0.161 e. The molecule has 156 valence electrons. The minimum absolute atomic E-state index is 0.426. The van der Waals surface area contributed by atoms with Gasteiger partial charge >= 0.3 is 0 Å². The van der Waals surface area contributed by atoms with Crippen molar-refractivity contribution in [3.05, 3.63) is 36.4 Å². The molecule has 0 amide bonds. The Balaban J connectivity index is 1.33. The topological polar surface area (TPSA) is 39.7 Å². The van der Waals surface area contributed by atoms with E-state index in [2.05, 4.69) is 32.7 Å². The fourth-order valence-corrected chi connectivity index (χ4v) is 5.26. The van der Waals surface area contributed by atoms with Gasteiger partial charge in [0, 0.05) is 12.6 Å². The molecule has 2 saturated carbocycles. The third-order valence-electron chi connectivity index (χ3n) is 7.52. The molecule has 1 aromatic carbocycles. The molecule has 1 aromatic rings. The lowest BCUT2D eigenvalue weighted by Crippen LogP contribution is -2.45. The number of nitrogens with one attached hydrogen (secondary N) is 1. The van der Waals surface area contributed by atoms with E-state index in [4.69, 9.17) is 14.2 Å².